The van der Waals surface area contributed by atoms with Crippen molar-refractivity contribution in [1.29, 1.82) is 0 Å². The van der Waals surface area contributed by atoms with Crippen LogP contribution in [0, 0.1) is 0 Å². The molecule has 1 unspecified atom stereocenters. The topological polar surface area (TPSA) is 59.6 Å². The van der Waals surface area contributed by atoms with E-state index in [0.29, 0.717) is 5.96 Å². The third-order valence-corrected chi connectivity index (χ3v) is 4.13. The van der Waals surface area contributed by atoms with Gasteiger partial charge in [-0.25, -0.2) is 0 Å². The van der Waals surface area contributed by atoms with Gasteiger partial charge in [-0.2, -0.15) is 0 Å². The van der Waals surface area contributed by atoms with E-state index < -0.39 is 0 Å². The number of guanidine groups is 1. The van der Waals surface area contributed by atoms with Gasteiger partial charge in [-0.05, 0) is 31.7 Å². The molecule has 0 fully saturated rings. The fourth-order valence-electron chi connectivity index (χ4n) is 3.00. The molecule has 0 spiro atoms. The maximum absolute atomic E-state index is 6.03. The molecule has 3 N–H and O–H groups in total. The molecule has 0 bridgehead atoms. The molecule has 1 atom stereocenters. The summed E-state index contributed by atoms with van der Waals surface area (Å²) in [5.41, 5.74) is 8.72. The number of para-hydroxylation sites is 1. The lowest BCUT2D eigenvalue weighted by Gasteiger charge is -2.26. The fourth-order valence-corrected chi connectivity index (χ4v) is 3.00. The van der Waals surface area contributed by atoms with Crippen molar-refractivity contribution in [2.45, 2.75) is 38.1 Å². The van der Waals surface area contributed by atoms with Crippen LogP contribution in [0.4, 0.5) is 0 Å². The second kappa shape index (κ2) is 6.66. The zero-order valence-corrected chi connectivity index (χ0v) is 12.3. The van der Waals surface area contributed by atoms with Crippen LogP contribution in [0.15, 0.2) is 40.9 Å². The van der Waals surface area contributed by atoms with E-state index in [2.05, 4.69) is 22.5 Å². The molecule has 0 saturated heterocycles. The SMILES string of the molecule is NC(=NCCC1=CCCC1)NC1CCOc2ccccc21. The third kappa shape index (κ3) is 3.57. The maximum atomic E-state index is 6.03. The van der Waals surface area contributed by atoms with Crippen LogP contribution >= 0.6 is 0 Å². The summed E-state index contributed by atoms with van der Waals surface area (Å²) >= 11 is 0. The molecule has 1 aliphatic heterocycles. The number of allylic oxidation sites excluding steroid dienone is 1. The average molecular weight is 285 g/mol. The summed E-state index contributed by atoms with van der Waals surface area (Å²) < 4.78 is 5.66. The van der Waals surface area contributed by atoms with Crippen LogP contribution in [-0.4, -0.2) is 19.1 Å². The highest BCUT2D eigenvalue weighted by molar-refractivity contribution is 5.78. The van der Waals surface area contributed by atoms with Gasteiger partial charge in [-0.1, -0.05) is 29.8 Å². The van der Waals surface area contributed by atoms with Crippen molar-refractivity contribution in [3.05, 3.63) is 41.5 Å². The number of hydrogen-bond donors (Lipinski definition) is 2. The first-order valence-corrected chi connectivity index (χ1v) is 7.79. The van der Waals surface area contributed by atoms with Crippen molar-refractivity contribution in [3.8, 4) is 5.75 Å². The zero-order chi connectivity index (χ0) is 14.5. The van der Waals surface area contributed by atoms with E-state index in [0.717, 1.165) is 31.7 Å². The summed E-state index contributed by atoms with van der Waals surface area (Å²) in [6, 6.07) is 8.31. The number of nitrogens with zero attached hydrogens (tertiary/aromatic N) is 1. The molecule has 4 heteroatoms. The number of aliphatic imine (C=N–C) groups is 1. The number of nitrogens with one attached hydrogen (secondary N) is 1. The smallest absolute Gasteiger partial charge is 0.189 e. The highest BCUT2D eigenvalue weighted by Gasteiger charge is 2.21. The van der Waals surface area contributed by atoms with Crippen molar-refractivity contribution in [2.75, 3.05) is 13.2 Å². The van der Waals surface area contributed by atoms with Crippen LogP contribution in [0.1, 0.15) is 43.7 Å². The van der Waals surface area contributed by atoms with Crippen molar-refractivity contribution in [3.63, 3.8) is 0 Å². The lowest BCUT2D eigenvalue weighted by Crippen LogP contribution is -2.37. The molecule has 112 valence electrons. The van der Waals surface area contributed by atoms with Gasteiger partial charge in [-0.3, -0.25) is 4.99 Å². The maximum Gasteiger partial charge on any atom is 0.189 e. The molecule has 0 aromatic heterocycles. The molecule has 2 aliphatic rings. The van der Waals surface area contributed by atoms with E-state index in [1.54, 1.807) is 0 Å². The molecule has 1 aromatic carbocycles. The first kappa shape index (κ1) is 14.0. The second-order valence-corrected chi connectivity index (χ2v) is 5.64. The summed E-state index contributed by atoms with van der Waals surface area (Å²) in [7, 11) is 0. The molecule has 3 rings (SSSR count). The Morgan fingerprint density at radius 1 is 1.38 bits per heavy atom. The van der Waals surface area contributed by atoms with Crippen LogP contribution in [0.2, 0.25) is 0 Å². The number of rotatable bonds is 4. The van der Waals surface area contributed by atoms with E-state index in [1.165, 1.54) is 30.4 Å². The summed E-state index contributed by atoms with van der Waals surface area (Å²) in [5.74, 6) is 1.49. The Morgan fingerprint density at radius 2 is 2.29 bits per heavy atom. The number of nitrogens with two attached hydrogens (primary N) is 1. The van der Waals surface area contributed by atoms with Crippen molar-refractivity contribution in [1.82, 2.24) is 5.32 Å². The molecule has 1 aliphatic carbocycles. The first-order valence-electron chi connectivity index (χ1n) is 7.79. The summed E-state index contributed by atoms with van der Waals surface area (Å²) in [5, 5.41) is 3.33. The minimum absolute atomic E-state index is 0.199. The van der Waals surface area contributed by atoms with Crippen molar-refractivity contribution in [2.24, 2.45) is 10.7 Å². The molecule has 21 heavy (non-hydrogen) atoms. The van der Waals surface area contributed by atoms with Crippen LogP contribution in [0.25, 0.3) is 0 Å². The average Bonchev–Trinajstić information content (AvgIpc) is 3.01. The van der Waals surface area contributed by atoms with Gasteiger partial charge in [-0.15, -0.1) is 0 Å². The number of hydrogen-bond acceptors (Lipinski definition) is 2. The Bertz CT molecular complexity index is 551. The molecule has 1 heterocycles. The molecule has 0 radical (unpaired) electrons. The Hall–Kier alpha value is -1.97. The standard InChI is InChI=1S/C17H23N3O/c18-17(19-11-9-13-5-1-2-6-13)20-15-10-12-21-16-8-4-3-7-14(15)16/h3-5,7-8,15H,1-2,6,9-12H2,(H3,18,19,20). The van der Waals surface area contributed by atoms with E-state index in [4.69, 9.17) is 10.5 Å². The van der Waals surface area contributed by atoms with E-state index in [9.17, 15) is 0 Å². The van der Waals surface area contributed by atoms with Crippen LogP contribution in [0.5, 0.6) is 5.75 Å². The monoisotopic (exact) mass is 285 g/mol. The van der Waals surface area contributed by atoms with Gasteiger partial charge in [0.05, 0.1) is 12.6 Å². The lowest BCUT2D eigenvalue weighted by molar-refractivity contribution is 0.262. The minimum Gasteiger partial charge on any atom is -0.493 e. The second-order valence-electron chi connectivity index (χ2n) is 5.64. The Kier molecular flexibility index (Phi) is 4.43. The van der Waals surface area contributed by atoms with Gasteiger partial charge in [0.1, 0.15) is 5.75 Å². The number of ether oxygens (including phenoxy) is 1. The predicted octanol–water partition coefficient (Wildman–Crippen LogP) is 2.91. The molecular weight excluding hydrogens is 262 g/mol. The summed E-state index contributed by atoms with van der Waals surface area (Å²) in [6.45, 7) is 1.49. The van der Waals surface area contributed by atoms with Gasteiger partial charge in [0.15, 0.2) is 5.96 Å². The van der Waals surface area contributed by atoms with Crippen molar-refractivity contribution < 1.29 is 4.74 Å². The van der Waals surface area contributed by atoms with Gasteiger partial charge in [0.25, 0.3) is 0 Å². The zero-order valence-electron chi connectivity index (χ0n) is 12.3. The normalized spacial score (nSPS) is 21.4. The van der Waals surface area contributed by atoms with E-state index in [1.807, 2.05) is 18.2 Å². The largest absolute Gasteiger partial charge is 0.493 e. The predicted molar refractivity (Wildman–Crippen MR) is 85.5 cm³/mol. The molecule has 4 nitrogen and oxygen atoms in total. The van der Waals surface area contributed by atoms with Crippen molar-refractivity contribution >= 4 is 5.96 Å². The lowest BCUT2D eigenvalue weighted by atomic mass is 10.0. The minimum atomic E-state index is 0.199. The molecule has 0 amide bonds. The highest BCUT2D eigenvalue weighted by Crippen LogP contribution is 2.31. The van der Waals surface area contributed by atoms with Gasteiger partial charge in [0.2, 0.25) is 0 Å². The van der Waals surface area contributed by atoms with Crippen LogP contribution < -0.4 is 15.8 Å². The van der Waals surface area contributed by atoms with Crippen LogP contribution in [-0.2, 0) is 0 Å². The quantitative estimate of drug-likeness (QED) is 0.508. The van der Waals surface area contributed by atoms with Gasteiger partial charge in [0, 0.05) is 18.5 Å². The highest BCUT2D eigenvalue weighted by atomic mass is 16.5. The molecule has 0 saturated carbocycles. The Labute approximate surface area is 126 Å². The third-order valence-electron chi connectivity index (χ3n) is 4.13. The first-order chi connectivity index (χ1) is 10.3. The van der Waals surface area contributed by atoms with Gasteiger partial charge < -0.3 is 15.8 Å². The number of fused-ring (bicyclic) bond motifs is 1. The van der Waals surface area contributed by atoms with E-state index >= 15 is 0 Å². The van der Waals surface area contributed by atoms with Gasteiger partial charge >= 0.3 is 0 Å². The Morgan fingerprint density at radius 3 is 3.14 bits per heavy atom. The fraction of sp³-hybridized carbons (Fsp3) is 0.471. The summed E-state index contributed by atoms with van der Waals surface area (Å²) in [6.07, 6.45) is 8.05. The van der Waals surface area contributed by atoms with Crippen LogP contribution in [0.3, 0.4) is 0 Å². The number of benzene rings is 1. The van der Waals surface area contributed by atoms with E-state index in [-0.39, 0.29) is 6.04 Å². The molecule has 1 aromatic rings. The Balaban J connectivity index is 1.56. The summed E-state index contributed by atoms with van der Waals surface area (Å²) in [4.78, 5) is 4.46. The molecular formula is C17H23N3O.